The summed E-state index contributed by atoms with van der Waals surface area (Å²) in [5.74, 6) is 1.99. The molecule has 3 rings (SSSR count). The summed E-state index contributed by atoms with van der Waals surface area (Å²) < 4.78 is 0. The molecule has 3 heteroatoms. The summed E-state index contributed by atoms with van der Waals surface area (Å²) >= 11 is 0. The number of rotatable bonds is 5. The van der Waals surface area contributed by atoms with Gasteiger partial charge in [-0.3, -0.25) is 0 Å². The highest BCUT2D eigenvalue weighted by atomic mass is 15.2. The van der Waals surface area contributed by atoms with Gasteiger partial charge in [-0.1, -0.05) is 24.3 Å². The number of benzene rings is 1. The Labute approximate surface area is 114 Å². The maximum absolute atomic E-state index is 4.69. The highest BCUT2D eigenvalue weighted by molar-refractivity contribution is 5.94. The smallest absolute Gasteiger partial charge is 0.136 e. The van der Waals surface area contributed by atoms with Gasteiger partial charge in [-0.05, 0) is 36.8 Å². The van der Waals surface area contributed by atoms with Gasteiger partial charge in [0.05, 0.1) is 0 Å². The topological polar surface area (TPSA) is 28.2 Å². The summed E-state index contributed by atoms with van der Waals surface area (Å²) in [6.07, 6.45) is 4.76. The van der Waals surface area contributed by atoms with Crippen LogP contribution < -0.4 is 10.2 Å². The van der Waals surface area contributed by atoms with Crippen LogP contribution in [-0.4, -0.2) is 25.6 Å². The van der Waals surface area contributed by atoms with Crippen molar-refractivity contribution in [3.8, 4) is 0 Å². The monoisotopic (exact) mass is 255 g/mol. The van der Waals surface area contributed by atoms with E-state index >= 15 is 0 Å². The van der Waals surface area contributed by atoms with Crippen molar-refractivity contribution in [1.29, 1.82) is 0 Å². The van der Waals surface area contributed by atoms with Gasteiger partial charge in [0.25, 0.3) is 0 Å². The summed E-state index contributed by atoms with van der Waals surface area (Å²) in [5.41, 5.74) is 1.27. The van der Waals surface area contributed by atoms with Crippen LogP contribution in [0.15, 0.2) is 30.5 Å². The lowest BCUT2D eigenvalue weighted by atomic mass is 10.1. The molecule has 0 atom stereocenters. The lowest BCUT2D eigenvalue weighted by Gasteiger charge is -2.20. The first kappa shape index (κ1) is 12.4. The molecule has 0 saturated heterocycles. The van der Waals surface area contributed by atoms with Gasteiger partial charge in [0.1, 0.15) is 5.82 Å². The number of pyridine rings is 1. The van der Waals surface area contributed by atoms with Crippen molar-refractivity contribution in [2.45, 2.75) is 19.4 Å². The summed E-state index contributed by atoms with van der Waals surface area (Å²) in [6.45, 7) is 1.99. The Morgan fingerprint density at radius 3 is 2.68 bits per heavy atom. The second kappa shape index (κ2) is 5.17. The van der Waals surface area contributed by atoms with Crippen LogP contribution in [0.1, 0.15) is 18.4 Å². The van der Waals surface area contributed by atoms with Crippen LogP contribution in [0.2, 0.25) is 0 Å². The Kier molecular flexibility index (Phi) is 3.38. The Balaban J connectivity index is 2.02. The Morgan fingerprint density at radius 1 is 1.26 bits per heavy atom. The number of hydrogen-bond acceptors (Lipinski definition) is 3. The SMILES string of the molecule is CNCc1cnc(N(C)CC2CC2)c2ccccc12. The van der Waals surface area contributed by atoms with E-state index in [1.807, 2.05) is 13.2 Å². The fourth-order valence-corrected chi connectivity index (χ4v) is 2.65. The molecule has 3 nitrogen and oxygen atoms in total. The molecule has 0 aliphatic heterocycles. The zero-order valence-electron chi connectivity index (χ0n) is 11.7. The maximum atomic E-state index is 4.69. The average Bonchev–Trinajstić information content (AvgIpc) is 3.23. The van der Waals surface area contributed by atoms with Crippen molar-refractivity contribution in [2.24, 2.45) is 5.92 Å². The van der Waals surface area contributed by atoms with E-state index in [0.717, 1.165) is 24.8 Å². The van der Waals surface area contributed by atoms with Crippen LogP contribution >= 0.6 is 0 Å². The lowest BCUT2D eigenvalue weighted by Crippen LogP contribution is -2.21. The minimum absolute atomic E-state index is 0.861. The molecule has 1 aromatic carbocycles. The van der Waals surface area contributed by atoms with Gasteiger partial charge >= 0.3 is 0 Å². The van der Waals surface area contributed by atoms with Crippen LogP contribution in [0.4, 0.5) is 5.82 Å². The van der Waals surface area contributed by atoms with E-state index in [9.17, 15) is 0 Å². The minimum Gasteiger partial charge on any atom is -0.359 e. The molecule has 1 saturated carbocycles. The summed E-state index contributed by atoms with van der Waals surface area (Å²) in [7, 11) is 4.13. The van der Waals surface area contributed by atoms with Crippen molar-refractivity contribution >= 4 is 16.6 Å². The van der Waals surface area contributed by atoms with E-state index in [1.165, 1.54) is 29.2 Å². The van der Waals surface area contributed by atoms with Crippen molar-refractivity contribution in [3.05, 3.63) is 36.0 Å². The molecule has 2 aromatic rings. The number of fused-ring (bicyclic) bond motifs is 1. The van der Waals surface area contributed by atoms with E-state index in [4.69, 9.17) is 4.98 Å². The predicted molar refractivity (Wildman–Crippen MR) is 80.5 cm³/mol. The third kappa shape index (κ3) is 2.56. The fraction of sp³-hybridized carbons (Fsp3) is 0.438. The number of anilines is 1. The van der Waals surface area contributed by atoms with E-state index in [-0.39, 0.29) is 0 Å². The number of nitrogens with zero attached hydrogens (tertiary/aromatic N) is 2. The van der Waals surface area contributed by atoms with E-state index < -0.39 is 0 Å². The Morgan fingerprint density at radius 2 is 2.00 bits per heavy atom. The summed E-state index contributed by atoms with van der Waals surface area (Å²) in [5, 5.41) is 5.79. The van der Waals surface area contributed by atoms with E-state index in [0.29, 0.717) is 0 Å². The molecule has 1 fully saturated rings. The molecule has 1 aliphatic rings. The van der Waals surface area contributed by atoms with Gasteiger partial charge in [0.2, 0.25) is 0 Å². The number of aromatic nitrogens is 1. The number of hydrogen-bond donors (Lipinski definition) is 1. The molecule has 1 aliphatic carbocycles. The molecular formula is C16H21N3. The standard InChI is InChI=1S/C16H21N3/c1-17-9-13-10-18-16(19(2)11-12-7-8-12)15-6-4-3-5-14(13)15/h3-6,10,12,17H,7-9,11H2,1-2H3. The lowest BCUT2D eigenvalue weighted by molar-refractivity contribution is 0.777. The third-order valence-electron chi connectivity index (χ3n) is 3.81. The van der Waals surface area contributed by atoms with Gasteiger partial charge in [0.15, 0.2) is 0 Å². The molecule has 1 heterocycles. The molecule has 100 valence electrons. The number of nitrogens with one attached hydrogen (secondary N) is 1. The normalized spacial score (nSPS) is 14.8. The summed E-state index contributed by atoms with van der Waals surface area (Å²) in [6, 6.07) is 8.58. The van der Waals surface area contributed by atoms with E-state index in [1.54, 1.807) is 0 Å². The first-order valence-electron chi connectivity index (χ1n) is 7.02. The van der Waals surface area contributed by atoms with Crippen LogP contribution in [-0.2, 0) is 6.54 Å². The van der Waals surface area contributed by atoms with Crippen molar-refractivity contribution in [1.82, 2.24) is 10.3 Å². The molecule has 1 aromatic heterocycles. The Bertz CT molecular complexity index is 575. The zero-order valence-corrected chi connectivity index (χ0v) is 11.7. The molecular weight excluding hydrogens is 234 g/mol. The quantitative estimate of drug-likeness (QED) is 0.890. The minimum atomic E-state index is 0.861. The van der Waals surface area contributed by atoms with Gasteiger partial charge in [0, 0.05) is 31.7 Å². The third-order valence-corrected chi connectivity index (χ3v) is 3.81. The first-order valence-corrected chi connectivity index (χ1v) is 7.02. The molecule has 0 spiro atoms. The van der Waals surface area contributed by atoms with Gasteiger partial charge in [-0.25, -0.2) is 4.98 Å². The van der Waals surface area contributed by atoms with Gasteiger partial charge in [-0.2, -0.15) is 0 Å². The largest absolute Gasteiger partial charge is 0.359 e. The van der Waals surface area contributed by atoms with Crippen molar-refractivity contribution in [2.75, 3.05) is 25.5 Å². The highest BCUT2D eigenvalue weighted by Gasteiger charge is 2.24. The molecule has 19 heavy (non-hydrogen) atoms. The molecule has 0 unspecified atom stereocenters. The molecule has 1 N–H and O–H groups in total. The second-order valence-electron chi connectivity index (χ2n) is 5.51. The molecule has 0 amide bonds. The van der Waals surface area contributed by atoms with Crippen molar-refractivity contribution in [3.63, 3.8) is 0 Å². The first-order chi connectivity index (χ1) is 9.29. The molecule has 0 radical (unpaired) electrons. The van der Waals surface area contributed by atoms with Crippen LogP contribution in [0.3, 0.4) is 0 Å². The Hall–Kier alpha value is -1.61. The van der Waals surface area contributed by atoms with Crippen LogP contribution in [0, 0.1) is 5.92 Å². The van der Waals surface area contributed by atoms with Gasteiger partial charge in [-0.15, -0.1) is 0 Å². The zero-order chi connectivity index (χ0) is 13.2. The average molecular weight is 255 g/mol. The van der Waals surface area contributed by atoms with Crippen molar-refractivity contribution < 1.29 is 0 Å². The summed E-state index contributed by atoms with van der Waals surface area (Å²) in [4.78, 5) is 7.00. The van der Waals surface area contributed by atoms with Crippen LogP contribution in [0.25, 0.3) is 10.8 Å². The van der Waals surface area contributed by atoms with Crippen LogP contribution in [0.5, 0.6) is 0 Å². The predicted octanol–water partition coefficient (Wildman–Crippen LogP) is 2.80. The van der Waals surface area contributed by atoms with Gasteiger partial charge < -0.3 is 10.2 Å². The second-order valence-corrected chi connectivity index (χ2v) is 5.51. The highest BCUT2D eigenvalue weighted by Crippen LogP contribution is 2.32. The fourth-order valence-electron chi connectivity index (χ4n) is 2.65. The molecule has 0 bridgehead atoms. The van der Waals surface area contributed by atoms with E-state index in [2.05, 4.69) is 41.5 Å². The maximum Gasteiger partial charge on any atom is 0.136 e.